The number of amides is 1. The zero-order chi connectivity index (χ0) is 14.5. The Hall–Kier alpha value is -1.11. The molecular formula is C15H25Cl2N5O. The summed E-state index contributed by atoms with van der Waals surface area (Å²) in [4.78, 5) is 23.0. The van der Waals surface area contributed by atoms with Gasteiger partial charge in [0.25, 0.3) is 0 Å². The maximum atomic E-state index is 12.3. The van der Waals surface area contributed by atoms with Crippen LogP contribution in [0.15, 0.2) is 18.5 Å². The Kier molecular flexibility index (Phi) is 8.58. The summed E-state index contributed by atoms with van der Waals surface area (Å²) in [6.45, 7) is 2.70. The monoisotopic (exact) mass is 361 g/mol. The minimum absolute atomic E-state index is 0. The number of piperidine rings is 2. The van der Waals surface area contributed by atoms with Crippen LogP contribution in [-0.2, 0) is 4.79 Å². The van der Waals surface area contributed by atoms with Crippen molar-refractivity contribution in [2.45, 2.75) is 44.2 Å². The second-order valence-electron chi connectivity index (χ2n) is 5.85. The van der Waals surface area contributed by atoms with E-state index in [9.17, 15) is 4.79 Å². The highest BCUT2D eigenvalue weighted by Crippen LogP contribution is 2.16. The third kappa shape index (κ3) is 5.48. The first-order valence-electron chi connectivity index (χ1n) is 7.88. The van der Waals surface area contributed by atoms with Crippen LogP contribution in [0.25, 0.3) is 0 Å². The summed E-state index contributed by atoms with van der Waals surface area (Å²) in [5.74, 6) is 0.905. The Morgan fingerprint density at radius 3 is 2.65 bits per heavy atom. The fraction of sp³-hybridized carbons (Fsp3) is 0.667. The highest BCUT2D eigenvalue weighted by molar-refractivity contribution is 5.85. The first kappa shape index (κ1) is 19.9. The molecule has 2 aliphatic heterocycles. The van der Waals surface area contributed by atoms with Gasteiger partial charge in [0.05, 0.1) is 6.04 Å². The number of hydrogen-bond acceptors (Lipinski definition) is 5. The number of anilines is 1. The third-order valence-electron chi connectivity index (χ3n) is 4.23. The van der Waals surface area contributed by atoms with Crippen LogP contribution < -0.4 is 15.5 Å². The van der Waals surface area contributed by atoms with Gasteiger partial charge in [0.1, 0.15) is 0 Å². The highest BCUT2D eigenvalue weighted by Gasteiger charge is 2.26. The van der Waals surface area contributed by atoms with Gasteiger partial charge in [0.15, 0.2) is 0 Å². The van der Waals surface area contributed by atoms with Gasteiger partial charge >= 0.3 is 0 Å². The van der Waals surface area contributed by atoms with Gasteiger partial charge in [-0.3, -0.25) is 4.79 Å². The van der Waals surface area contributed by atoms with Gasteiger partial charge < -0.3 is 15.5 Å². The lowest BCUT2D eigenvalue weighted by molar-refractivity contribution is -0.124. The first-order chi connectivity index (χ1) is 10.3. The van der Waals surface area contributed by atoms with Crippen LogP contribution in [0, 0.1) is 0 Å². The molecule has 0 spiro atoms. The van der Waals surface area contributed by atoms with Crippen molar-refractivity contribution < 1.29 is 4.79 Å². The van der Waals surface area contributed by atoms with Crippen molar-refractivity contribution in [3.8, 4) is 0 Å². The Morgan fingerprint density at radius 2 is 1.96 bits per heavy atom. The Labute approximate surface area is 149 Å². The first-order valence-corrected chi connectivity index (χ1v) is 7.88. The zero-order valence-electron chi connectivity index (χ0n) is 13.1. The molecule has 1 aromatic heterocycles. The molecule has 8 heteroatoms. The average molecular weight is 362 g/mol. The zero-order valence-corrected chi connectivity index (χ0v) is 14.7. The second-order valence-corrected chi connectivity index (χ2v) is 5.85. The fourth-order valence-electron chi connectivity index (χ4n) is 3.11. The van der Waals surface area contributed by atoms with E-state index in [0.29, 0.717) is 0 Å². The summed E-state index contributed by atoms with van der Waals surface area (Å²) in [6, 6.07) is 2.00. The topological polar surface area (TPSA) is 70.2 Å². The van der Waals surface area contributed by atoms with Gasteiger partial charge in [-0.25, -0.2) is 9.97 Å². The SMILES string of the molecule is Cl.Cl.O=C(NC1CCCN(c2ncccn2)C1)C1CCCCN1. The van der Waals surface area contributed by atoms with E-state index in [1.54, 1.807) is 12.4 Å². The van der Waals surface area contributed by atoms with E-state index < -0.39 is 0 Å². The van der Waals surface area contributed by atoms with Crippen molar-refractivity contribution in [2.24, 2.45) is 0 Å². The molecular weight excluding hydrogens is 337 g/mol. The summed E-state index contributed by atoms with van der Waals surface area (Å²) >= 11 is 0. The second kappa shape index (κ2) is 9.90. The van der Waals surface area contributed by atoms with E-state index in [-0.39, 0.29) is 42.8 Å². The van der Waals surface area contributed by atoms with Crippen LogP contribution in [0.5, 0.6) is 0 Å². The van der Waals surface area contributed by atoms with Gasteiger partial charge in [0.2, 0.25) is 11.9 Å². The largest absolute Gasteiger partial charge is 0.350 e. The van der Waals surface area contributed by atoms with Gasteiger partial charge in [-0.2, -0.15) is 0 Å². The van der Waals surface area contributed by atoms with Crippen molar-refractivity contribution in [3.05, 3.63) is 18.5 Å². The standard InChI is InChI=1S/C15H23N5O.2ClH/c21-14(13-6-1-2-7-16-13)19-12-5-3-10-20(11-12)15-17-8-4-9-18-15;;/h4,8-9,12-13,16H,1-3,5-7,10-11H2,(H,19,21);2*1H. The van der Waals surface area contributed by atoms with Crippen LogP contribution in [0.2, 0.25) is 0 Å². The third-order valence-corrected chi connectivity index (χ3v) is 4.23. The van der Waals surface area contributed by atoms with Crippen LogP contribution in [0.3, 0.4) is 0 Å². The van der Waals surface area contributed by atoms with E-state index in [0.717, 1.165) is 51.3 Å². The molecule has 0 radical (unpaired) electrons. The molecule has 0 aromatic carbocycles. The predicted molar refractivity (Wildman–Crippen MR) is 95.5 cm³/mol. The molecule has 2 atom stereocenters. The van der Waals surface area contributed by atoms with Gasteiger partial charge in [0, 0.05) is 31.5 Å². The summed E-state index contributed by atoms with van der Waals surface area (Å²) in [5, 5.41) is 6.49. The molecule has 1 amide bonds. The molecule has 2 aliphatic rings. The van der Waals surface area contributed by atoms with E-state index in [1.165, 1.54) is 6.42 Å². The van der Waals surface area contributed by atoms with Crippen molar-refractivity contribution in [3.63, 3.8) is 0 Å². The van der Waals surface area contributed by atoms with Crippen LogP contribution in [-0.4, -0.2) is 47.6 Å². The van der Waals surface area contributed by atoms with Gasteiger partial charge in [-0.05, 0) is 38.3 Å². The highest BCUT2D eigenvalue weighted by atomic mass is 35.5. The number of nitrogens with zero attached hydrogens (tertiary/aromatic N) is 3. The summed E-state index contributed by atoms with van der Waals surface area (Å²) in [5.41, 5.74) is 0. The van der Waals surface area contributed by atoms with Crippen LogP contribution in [0.4, 0.5) is 5.95 Å². The van der Waals surface area contributed by atoms with E-state index in [1.807, 2.05) is 6.07 Å². The van der Waals surface area contributed by atoms with Crippen molar-refractivity contribution in [1.29, 1.82) is 0 Å². The molecule has 0 bridgehead atoms. The van der Waals surface area contributed by atoms with Crippen LogP contribution >= 0.6 is 24.8 Å². The molecule has 2 unspecified atom stereocenters. The minimum atomic E-state index is -0.0119. The smallest absolute Gasteiger partial charge is 0.237 e. The van der Waals surface area contributed by atoms with Gasteiger partial charge in [-0.1, -0.05) is 6.42 Å². The lowest BCUT2D eigenvalue weighted by atomic mass is 10.0. The molecule has 2 fully saturated rings. The maximum Gasteiger partial charge on any atom is 0.237 e. The lowest BCUT2D eigenvalue weighted by Crippen LogP contribution is -2.54. The predicted octanol–water partition coefficient (Wildman–Crippen LogP) is 1.55. The molecule has 3 heterocycles. The molecule has 2 saturated heterocycles. The molecule has 23 heavy (non-hydrogen) atoms. The van der Waals surface area contributed by atoms with Crippen LogP contribution in [0.1, 0.15) is 32.1 Å². The number of carbonyl (C=O) groups excluding carboxylic acids is 1. The number of nitrogens with one attached hydrogen (secondary N) is 2. The Bertz CT molecular complexity index is 470. The number of rotatable bonds is 3. The normalized spacial score (nSPS) is 24.1. The van der Waals surface area contributed by atoms with Gasteiger partial charge in [-0.15, -0.1) is 24.8 Å². The molecule has 0 saturated carbocycles. The molecule has 130 valence electrons. The molecule has 6 nitrogen and oxygen atoms in total. The Balaban J connectivity index is 0.00000132. The summed E-state index contributed by atoms with van der Waals surface area (Å²) in [6.07, 6.45) is 8.87. The number of aromatic nitrogens is 2. The molecule has 1 aromatic rings. The summed E-state index contributed by atoms with van der Waals surface area (Å²) < 4.78 is 0. The quantitative estimate of drug-likeness (QED) is 0.854. The number of carbonyl (C=O) groups is 1. The van der Waals surface area contributed by atoms with E-state index >= 15 is 0 Å². The maximum absolute atomic E-state index is 12.3. The van der Waals surface area contributed by atoms with E-state index in [4.69, 9.17) is 0 Å². The lowest BCUT2D eigenvalue weighted by Gasteiger charge is -2.34. The number of hydrogen-bond donors (Lipinski definition) is 2. The Morgan fingerprint density at radius 1 is 1.17 bits per heavy atom. The summed E-state index contributed by atoms with van der Waals surface area (Å²) in [7, 11) is 0. The minimum Gasteiger partial charge on any atom is -0.350 e. The molecule has 0 aliphatic carbocycles. The molecule has 3 rings (SSSR count). The number of halogens is 2. The van der Waals surface area contributed by atoms with E-state index in [2.05, 4.69) is 25.5 Å². The van der Waals surface area contributed by atoms with Crippen molar-refractivity contribution in [2.75, 3.05) is 24.5 Å². The average Bonchev–Trinajstić information content (AvgIpc) is 2.57. The van der Waals surface area contributed by atoms with Crippen molar-refractivity contribution in [1.82, 2.24) is 20.6 Å². The van der Waals surface area contributed by atoms with Crippen molar-refractivity contribution >= 4 is 36.7 Å². The molecule has 2 N–H and O–H groups in total. The fourth-order valence-corrected chi connectivity index (χ4v) is 3.11.